The minimum atomic E-state index is -0.766. The van der Waals surface area contributed by atoms with Gasteiger partial charge in [-0.15, -0.1) is 0 Å². The summed E-state index contributed by atoms with van der Waals surface area (Å²) in [5.74, 6) is 0.459. The van der Waals surface area contributed by atoms with Gasteiger partial charge in [0.25, 0.3) is 17.4 Å². The van der Waals surface area contributed by atoms with Crippen molar-refractivity contribution in [3.05, 3.63) is 69.6 Å². The van der Waals surface area contributed by atoms with Crippen LogP contribution >= 0.6 is 11.6 Å². The number of hydrogen-bond donors (Lipinski definition) is 4. The van der Waals surface area contributed by atoms with Crippen LogP contribution in [0.5, 0.6) is 11.5 Å². The van der Waals surface area contributed by atoms with Crippen LogP contribution < -0.4 is 46.1 Å². The number of fused-ring (bicyclic) bond motifs is 1. The minimum absolute atomic E-state index is 0.0726. The number of pyridine rings is 1. The number of methoxy groups -OCH3 is 1. The smallest absolute Gasteiger partial charge is 0.293 e. The number of rotatable bonds is 12. The topological polar surface area (TPSA) is 192 Å². The summed E-state index contributed by atoms with van der Waals surface area (Å²) in [6.45, 7) is 8.43. The summed E-state index contributed by atoms with van der Waals surface area (Å²) in [4.78, 5) is 77.9. The Morgan fingerprint density at radius 3 is 2.42 bits per heavy atom. The molecule has 4 amide bonds. The third-order valence-electron chi connectivity index (χ3n) is 11.6. The third-order valence-corrected chi connectivity index (χ3v) is 11.9. The number of aromatic nitrogens is 3. The van der Waals surface area contributed by atoms with Crippen LogP contribution in [0, 0.1) is 5.92 Å². The van der Waals surface area contributed by atoms with Crippen molar-refractivity contribution in [2.24, 2.45) is 13.0 Å². The molecule has 60 heavy (non-hydrogen) atoms. The fraction of sp³-hybridized carbons (Fsp3) is 0.452. The number of imide groups is 1. The van der Waals surface area contributed by atoms with Gasteiger partial charge in [-0.2, -0.15) is 4.98 Å². The Balaban J connectivity index is 0.943. The molecular formula is C42H51ClN10O7. The van der Waals surface area contributed by atoms with Crippen molar-refractivity contribution in [2.45, 2.75) is 57.7 Å². The fourth-order valence-electron chi connectivity index (χ4n) is 8.27. The van der Waals surface area contributed by atoms with E-state index in [2.05, 4.69) is 54.8 Å². The maximum atomic E-state index is 13.1. The van der Waals surface area contributed by atoms with E-state index >= 15 is 0 Å². The fourth-order valence-corrected chi connectivity index (χ4v) is 8.41. The van der Waals surface area contributed by atoms with Crippen LogP contribution in [-0.4, -0.2) is 115 Å². The van der Waals surface area contributed by atoms with Gasteiger partial charge in [0.15, 0.2) is 18.2 Å². The SMILES string of the molecule is CNC(=O)COc1cc2cc(Nc3nc(N4C[C@@H](C)N(CC5CCN(c6ccc(C(=O)NC7CCC(=O)NC7=O)c(OC)c6)CC5)[C@@H](C)C4)ncc3Cl)ccc2n(C)c1=O. The van der Waals surface area contributed by atoms with E-state index < -0.39 is 17.9 Å². The van der Waals surface area contributed by atoms with Crippen molar-refractivity contribution in [3.8, 4) is 11.5 Å². The molecule has 17 nitrogen and oxygen atoms in total. The first-order valence-corrected chi connectivity index (χ1v) is 20.5. The molecule has 0 radical (unpaired) electrons. The largest absolute Gasteiger partial charge is 0.496 e. The van der Waals surface area contributed by atoms with Gasteiger partial charge >= 0.3 is 0 Å². The number of amides is 4. The quantitative estimate of drug-likeness (QED) is 0.152. The summed E-state index contributed by atoms with van der Waals surface area (Å²) in [6.07, 6.45) is 4.09. The molecule has 3 fully saturated rings. The molecule has 3 saturated heterocycles. The monoisotopic (exact) mass is 842 g/mol. The Morgan fingerprint density at radius 2 is 1.72 bits per heavy atom. The molecule has 5 heterocycles. The zero-order chi connectivity index (χ0) is 42.7. The van der Waals surface area contributed by atoms with Crippen molar-refractivity contribution in [2.75, 3.05) is 68.6 Å². The lowest BCUT2D eigenvalue weighted by Gasteiger charge is -2.46. The van der Waals surface area contributed by atoms with Gasteiger partial charge < -0.3 is 39.8 Å². The Morgan fingerprint density at radius 1 is 0.967 bits per heavy atom. The van der Waals surface area contributed by atoms with E-state index in [9.17, 15) is 24.0 Å². The van der Waals surface area contributed by atoms with E-state index in [1.54, 1.807) is 25.4 Å². The first-order valence-electron chi connectivity index (χ1n) is 20.2. The van der Waals surface area contributed by atoms with Gasteiger partial charge in [0, 0.05) is 88.2 Å². The number of halogens is 1. The van der Waals surface area contributed by atoms with Gasteiger partial charge in [-0.05, 0) is 75.4 Å². The Kier molecular flexibility index (Phi) is 12.7. The number of likely N-dealkylation sites (N-methyl/N-ethyl adjacent to an activating group) is 1. The summed E-state index contributed by atoms with van der Waals surface area (Å²) in [5.41, 5.74) is 2.36. The molecule has 3 atom stereocenters. The molecule has 2 aromatic heterocycles. The second kappa shape index (κ2) is 18.1. The molecule has 4 N–H and O–H groups in total. The zero-order valence-corrected chi connectivity index (χ0v) is 35.2. The average Bonchev–Trinajstić information content (AvgIpc) is 3.24. The highest BCUT2D eigenvalue weighted by molar-refractivity contribution is 6.33. The Hall–Kier alpha value is -5.94. The number of nitrogens with zero attached hydrogens (tertiary/aromatic N) is 6. The summed E-state index contributed by atoms with van der Waals surface area (Å²) in [5, 5.41) is 11.9. The van der Waals surface area contributed by atoms with Crippen molar-refractivity contribution in [1.29, 1.82) is 0 Å². The first kappa shape index (κ1) is 42.2. The molecule has 3 aliphatic heterocycles. The summed E-state index contributed by atoms with van der Waals surface area (Å²) in [7, 11) is 4.68. The summed E-state index contributed by atoms with van der Waals surface area (Å²) >= 11 is 6.61. The number of nitrogens with one attached hydrogen (secondary N) is 4. The molecule has 1 unspecified atom stereocenters. The molecule has 18 heteroatoms. The third kappa shape index (κ3) is 9.26. The highest BCUT2D eigenvalue weighted by Crippen LogP contribution is 2.32. The van der Waals surface area contributed by atoms with Crippen molar-refractivity contribution >= 4 is 69.3 Å². The van der Waals surface area contributed by atoms with Crippen molar-refractivity contribution in [1.82, 2.24) is 35.4 Å². The summed E-state index contributed by atoms with van der Waals surface area (Å²) in [6, 6.07) is 12.4. The molecule has 2 aromatic carbocycles. The molecule has 7 rings (SSSR count). The molecule has 3 aliphatic rings. The first-order chi connectivity index (χ1) is 28.8. The summed E-state index contributed by atoms with van der Waals surface area (Å²) < 4.78 is 12.6. The van der Waals surface area contributed by atoms with Gasteiger partial charge in [-0.3, -0.25) is 34.2 Å². The molecule has 0 spiro atoms. The van der Waals surface area contributed by atoms with Crippen molar-refractivity contribution in [3.63, 3.8) is 0 Å². The van der Waals surface area contributed by atoms with Crippen LogP contribution in [0.4, 0.5) is 23.1 Å². The number of ether oxygens (including phenoxy) is 2. The van der Waals surface area contributed by atoms with Crippen LogP contribution in [-0.2, 0) is 21.4 Å². The van der Waals surface area contributed by atoms with Gasteiger partial charge in [0.05, 0.1) is 24.4 Å². The van der Waals surface area contributed by atoms with Crippen LogP contribution in [0.2, 0.25) is 5.02 Å². The highest BCUT2D eigenvalue weighted by atomic mass is 35.5. The van der Waals surface area contributed by atoms with Crippen LogP contribution in [0.15, 0.2) is 53.5 Å². The zero-order valence-electron chi connectivity index (χ0n) is 34.4. The van der Waals surface area contributed by atoms with E-state index in [0.717, 1.165) is 56.6 Å². The number of piperazine rings is 1. The second-order valence-corrected chi connectivity index (χ2v) is 16.1. The Labute approximate surface area is 352 Å². The lowest BCUT2D eigenvalue weighted by molar-refractivity contribution is -0.134. The lowest BCUT2D eigenvalue weighted by Crippen LogP contribution is -2.58. The molecule has 4 aromatic rings. The van der Waals surface area contributed by atoms with E-state index in [1.807, 2.05) is 30.3 Å². The van der Waals surface area contributed by atoms with Crippen LogP contribution in [0.1, 0.15) is 49.9 Å². The maximum absolute atomic E-state index is 13.1. The molecular weight excluding hydrogens is 792 g/mol. The number of carbonyl (C=O) groups is 4. The number of aryl methyl sites for hydroxylation is 1. The average molecular weight is 843 g/mol. The number of carbonyl (C=O) groups excluding carboxylic acids is 4. The van der Waals surface area contributed by atoms with E-state index in [0.29, 0.717) is 45.2 Å². The molecule has 0 saturated carbocycles. The maximum Gasteiger partial charge on any atom is 0.293 e. The Bertz CT molecular complexity index is 2340. The van der Waals surface area contributed by atoms with Crippen LogP contribution in [0.3, 0.4) is 0 Å². The number of anilines is 4. The van der Waals surface area contributed by atoms with Gasteiger partial charge in [-0.25, -0.2) is 4.98 Å². The predicted molar refractivity (Wildman–Crippen MR) is 228 cm³/mol. The van der Waals surface area contributed by atoms with E-state index in [4.69, 9.17) is 26.1 Å². The second-order valence-electron chi connectivity index (χ2n) is 15.7. The predicted octanol–water partition coefficient (Wildman–Crippen LogP) is 3.21. The van der Waals surface area contributed by atoms with Crippen molar-refractivity contribution < 1.29 is 28.7 Å². The highest BCUT2D eigenvalue weighted by Gasteiger charge is 2.34. The lowest BCUT2D eigenvalue weighted by atomic mass is 9.93. The number of piperidine rings is 2. The van der Waals surface area contributed by atoms with Crippen LogP contribution in [0.25, 0.3) is 10.9 Å². The van der Waals surface area contributed by atoms with Gasteiger partial charge in [-0.1, -0.05) is 11.6 Å². The van der Waals surface area contributed by atoms with E-state index in [1.165, 1.54) is 18.7 Å². The molecule has 318 valence electrons. The molecule has 0 bridgehead atoms. The molecule has 0 aliphatic carbocycles. The number of benzene rings is 2. The standard InChI is InChI=1S/C42H51ClN10O7/c1-24-20-52(42-45-19-31(43)38(49-42)46-28-6-10-33-27(16-28)17-35(41(58)50(33)4)60-23-37(55)44-3)21-25(2)53(24)22-26-12-14-51(15-13-26)29-7-8-30(34(18-29)59-5)39(56)47-32-9-11-36(54)48-40(32)57/h6-8,10,16-19,24-26,32H,9,11-15,20-23H2,1-5H3,(H,44,55)(H,47,56)(H,45,46,49)(H,48,54,57)/t24-,25+,32?. The normalized spacial score (nSPS) is 20.1. The van der Waals surface area contributed by atoms with E-state index in [-0.39, 0.29) is 54.7 Å². The minimum Gasteiger partial charge on any atom is -0.496 e. The van der Waals surface area contributed by atoms with Gasteiger partial charge in [0.1, 0.15) is 16.8 Å². The number of hydrogen-bond acceptors (Lipinski definition) is 13. The van der Waals surface area contributed by atoms with Gasteiger partial charge in [0.2, 0.25) is 17.8 Å².